The molecule has 0 aliphatic rings. The molecule has 2 aromatic heterocycles. The Morgan fingerprint density at radius 3 is 2.33 bits per heavy atom. The van der Waals surface area contributed by atoms with Crippen molar-refractivity contribution in [2.75, 3.05) is 0 Å². The average Bonchev–Trinajstić information content (AvgIpc) is 3.05. The summed E-state index contributed by atoms with van der Waals surface area (Å²) in [7, 11) is 0. The summed E-state index contributed by atoms with van der Waals surface area (Å²) < 4.78 is 1.74. The summed E-state index contributed by atoms with van der Waals surface area (Å²) in [5.74, 6) is -0.935. The fraction of sp³-hybridized carbons (Fsp3) is 0. The molecule has 0 fully saturated rings. The smallest absolute Gasteiger partial charge is 0.335 e. The van der Waals surface area contributed by atoms with E-state index in [0.717, 1.165) is 27.9 Å². The molecule has 4 rings (SSSR count). The zero-order valence-electron chi connectivity index (χ0n) is 12.6. The molecule has 0 unspecified atom stereocenters. The molecule has 1 N–H and O–H groups in total. The number of fused-ring (bicyclic) bond motifs is 1. The molecule has 0 amide bonds. The standard InChI is InChI=1S/C19H13N3O2/c23-19(24)15-8-6-13(7-9-15)16-10-20-18-17(11-21-22(18)12-16)14-4-2-1-3-5-14/h1-12H,(H,23,24). The molecule has 116 valence electrons. The number of carbonyl (C=O) groups is 1. The van der Waals surface area contributed by atoms with E-state index in [9.17, 15) is 4.79 Å². The zero-order chi connectivity index (χ0) is 16.5. The molecule has 0 saturated carbocycles. The number of carboxylic acids is 1. The molecule has 0 saturated heterocycles. The van der Waals surface area contributed by atoms with Crippen LogP contribution in [0.2, 0.25) is 0 Å². The summed E-state index contributed by atoms with van der Waals surface area (Å²) >= 11 is 0. The first-order valence-electron chi connectivity index (χ1n) is 7.45. The van der Waals surface area contributed by atoms with E-state index in [0.29, 0.717) is 0 Å². The molecule has 5 heteroatoms. The van der Waals surface area contributed by atoms with Crippen LogP contribution in [0.4, 0.5) is 0 Å². The molecule has 0 bridgehead atoms. The van der Waals surface area contributed by atoms with Gasteiger partial charge in [-0.1, -0.05) is 42.5 Å². The summed E-state index contributed by atoms with van der Waals surface area (Å²) in [6.45, 7) is 0. The van der Waals surface area contributed by atoms with Gasteiger partial charge in [0, 0.05) is 23.5 Å². The second-order valence-corrected chi connectivity index (χ2v) is 5.42. The van der Waals surface area contributed by atoms with Gasteiger partial charge in [0.1, 0.15) is 0 Å². The van der Waals surface area contributed by atoms with Crippen LogP contribution >= 0.6 is 0 Å². The Labute approximate surface area is 137 Å². The SMILES string of the molecule is O=C(O)c1ccc(-c2cnc3c(-c4ccccc4)cnn3c2)cc1. The van der Waals surface area contributed by atoms with Gasteiger partial charge in [-0.15, -0.1) is 0 Å². The molecule has 2 aromatic carbocycles. The predicted octanol–water partition coefficient (Wildman–Crippen LogP) is 3.76. The minimum atomic E-state index is -0.935. The van der Waals surface area contributed by atoms with Crippen molar-refractivity contribution >= 4 is 11.6 Å². The molecule has 4 aromatic rings. The van der Waals surface area contributed by atoms with Crippen LogP contribution in [0.3, 0.4) is 0 Å². The van der Waals surface area contributed by atoms with Crippen molar-refractivity contribution in [1.82, 2.24) is 14.6 Å². The van der Waals surface area contributed by atoms with Crippen molar-refractivity contribution in [3.63, 3.8) is 0 Å². The van der Waals surface area contributed by atoms with Crippen LogP contribution in [-0.4, -0.2) is 25.7 Å². The molecular weight excluding hydrogens is 302 g/mol. The number of rotatable bonds is 3. The summed E-state index contributed by atoms with van der Waals surface area (Å²) in [5, 5.41) is 13.4. The Morgan fingerprint density at radius 2 is 1.62 bits per heavy atom. The first-order chi connectivity index (χ1) is 11.7. The Hall–Kier alpha value is -3.47. The average molecular weight is 315 g/mol. The lowest BCUT2D eigenvalue weighted by molar-refractivity contribution is 0.0697. The predicted molar refractivity (Wildman–Crippen MR) is 90.8 cm³/mol. The van der Waals surface area contributed by atoms with Crippen LogP contribution < -0.4 is 0 Å². The highest BCUT2D eigenvalue weighted by Gasteiger charge is 2.09. The Balaban J connectivity index is 1.76. The minimum Gasteiger partial charge on any atom is -0.478 e. The van der Waals surface area contributed by atoms with E-state index in [1.807, 2.05) is 36.5 Å². The Bertz CT molecular complexity index is 1020. The largest absolute Gasteiger partial charge is 0.478 e. The highest BCUT2D eigenvalue weighted by atomic mass is 16.4. The van der Waals surface area contributed by atoms with Gasteiger partial charge in [-0.05, 0) is 23.3 Å². The highest BCUT2D eigenvalue weighted by molar-refractivity contribution is 5.88. The number of benzene rings is 2. The fourth-order valence-electron chi connectivity index (χ4n) is 2.65. The van der Waals surface area contributed by atoms with E-state index < -0.39 is 5.97 Å². The van der Waals surface area contributed by atoms with Crippen LogP contribution in [0.5, 0.6) is 0 Å². The molecule has 0 atom stereocenters. The fourth-order valence-corrected chi connectivity index (χ4v) is 2.65. The maximum atomic E-state index is 10.9. The quantitative estimate of drug-likeness (QED) is 0.625. The second-order valence-electron chi connectivity index (χ2n) is 5.42. The lowest BCUT2D eigenvalue weighted by Crippen LogP contribution is -1.96. The lowest BCUT2D eigenvalue weighted by Gasteiger charge is -2.04. The van der Waals surface area contributed by atoms with Crippen molar-refractivity contribution in [3.8, 4) is 22.3 Å². The van der Waals surface area contributed by atoms with Crippen molar-refractivity contribution in [2.45, 2.75) is 0 Å². The Kier molecular flexibility index (Phi) is 3.31. The van der Waals surface area contributed by atoms with Crippen molar-refractivity contribution in [2.24, 2.45) is 0 Å². The number of hydrogen-bond donors (Lipinski definition) is 1. The van der Waals surface area contributed by atoms with Gasteiger partial charge in [-0.2, -0.15) is 5.10 Å². The van der Waals surface area contributed by atoms with Gasteiger partial charge in [0.05, 0.1) is 11.8 Å². The number of carboxylic acid groups (broad SMARTS) is 1. The van der Waals surface area contributed by atoms with Gasteiger partial charge in [0.15, 0.2) is 5.65 Å². The molecule has 0 radical (unpaired) electrons. The molecule has 5 nitrogen and oxygen atoms in total. The van der Waals surface area contributed by atoms with E-state index in [1.54, 1.807) is 41.2 Å². The Morgan fingerprint density at radius 1 is 0.875 bits per heavy atom. The third-order valence-electron chi connectivity index (χ3n) is 3.91. The highest BCUT2D eigenvalue weighted by Crippen LogP contribution is 2.25. The normalized spacial score (nSPS) is 10.8. The molecule has 24 heavy (non-hydrogen) atoms. The van der Waals surface area contributed by atoms with Crippen molar-refractivity contribution in [3.05, 3.63) is 78.8 Å². The van der Waals surface area contributed by atoms with Gasteiger partial charge in [0.2, 0.25) is 0 Å². The maximum Gasteiger partial charge on any atom is 0.335 e. The zero-order valence-corrected chi connectivity index (χ0v) is 12.6. The second kappa shape index (κ2) is 5.62. The first-order valence-corrected chi connectivity index (χ1v) is 7.45. The van der Waals surface area contributed by atoms with Gasteiger partial charge < -0.3 is 5.11 Å². The topological polar surface area (TPSA) is 67.5 Å². The molecule has 2 heterocycles. The number of aromatic nitrogens is 3. The van der Waals surface area contributed by atoms with E-state index in [1.165, 1.54) is 0 Å². The molecule has 0 aliphatic carbocycles. The monoisotopic (exact) mass is 315 g/mol. The van der Waals surface area contributed by atoms with Crippen LogP contribution in [0, 0.1) is 0 Å². The van der Waals surface area contributed by atoms with E-state index in [2.05, 4.69) is 10.1 Å². The lowest BCUT2D eigenvalue weighted by atomic mass is 10.1. The van der Waals surface area contributed by atoms with Crippen LogP contribution in [-0.2, 0) is 0 Å². The van der Waals surface area contributed by atoms with Crippen molar-refractivity contribution < 1.29 is 9.90 Å². The van der Waals surface area contributed by atoms with Crippen LogP contribution in [0.1, 0.15) is 10.4 Å². The molecular formula is C19H13N3O2. The molecule has 0 aliphatic heterocycles. The summed E-state index contributed by atoms with van der Waals surface area (Å²) in [4.78, 5) is 15.5. The number of nitrogens with zero attached hydrogens (tertiary/aromatic N) is 3. The van der Waals surface area contributed by atoms with Crippen LogP contribution in [0.25, 0.3) is 27.9 Å². The summed E-state index contributed by atoms with van der Waals surface area (Å²) in [5.41, 5.74) is 4.86. The van der Waals surface area contributed by atoms with Gasteiger partial charge in [-0.3, -0.25) is 0 Å². The van der Waals surface area contributed by atoms with Gasteiger partial charge in [0.25, 0.3) is 0 Å². The third-order valence-corrected chi connectivity index (χ3v) is 3.91. The van der Waals surface area contributed by atoms with Gasteiger partial charge in [-0.25, -0.2) is 14.3 Å². The van der Waals surface area contributed by atoms with E-state index in [4.69, 9.17) is 5.11 Å². The maximum absolute atomic E-state index is 10.9. The minimum absolute atomic E-state index is 0.262. The first kappa shape index (κ1) is 14.1. The van der Waals surface area contributed by atoms with Gasteiger partial charge >= 0.3 is 5.97 Å². The summed E-state index contributed by atoms with van der Waals surface area (Å²) in [6.07, 6.45) is 5.47. The number of hydrogen-bond acceptors (Lipinski definition) is 3. The number of aromatic carboxylic acids is 1. The summed E-state index contributed by atoms with van der Waals surface area (Å²) in [6, 6.07) is 16.7. The molecule has 0 spiro atoms. The van der Waals surface area contributed by atoms with Crippen molar-refractivity contribution in [1.29, 1.82) is 0 Å². The third kappa shape index (κ3) is 2.42. The van der Waals surface area contributed by atoms with E-state index >= 15 is 0 Å². The van der Waals surface area contributed by atoms with E-state index in [-0.39, 0.29) is 5.56 Å². The van der Waals surface area contributed by atoms with Crippen LogP contribution in [0.15, 0.2) is 73.2 Å².